The van der Waals surface area contributed by atoms with Crippen LogP contribution in [0.4, 0.5) is 4.79 Å². The van der Waals surface area contributed by atoms with E-state index in [9.17, 15) is 4.79 Å². The first kappa shape index (κ1) is 11.3. The van der Waals surface area contributed by atoms with Crippen molar-refractivity contribution < 1.29 is 14.3 Å². The molecule has 0 N–H and O–H groups in total. The Bertz CT molecular complexity index is 188. The van der Waals surface area contributed by atoms with E-state index in [1.54, 1.807) is 19.1 Å². The van der Waals surface area contributed by atoms with Crippen LogP contribution in [0.5, 0.6) is 0 Å². The first-order valence-corrected chi connectivity index (χ1v) is 5.02. The fourth-order valence-corrected chi connectivity index (χ4v) is 1.96. The number of carbonyl (C=O) groups is 1. The maximum Gasteiger partial charge on any atom is 0.409 e. The van der Waals surface area contributed by atoms with Crippen LogP contribution < -0.4 is 0 Å². The second kappa shape index (κ2) is 5.20. The highest BCUT2D eigenvalue weighted by Gasteiger charge is 2.26. The highest BCUT2D eigenvalue weighted by Crippen LogP contribution is 2.24. The quantitative estimate of drug-likeness (QED) is 0.681. The van der Waals surface area contributed by atoms with E-state index in [2.05, 4.69) is 4.74 Å². The Morgan fingerprint density at radius 3 is 2.21 bits per heavy atom. The molecule has 0 bridgehead atoms. The molecule has 1 saturated carbocycles. The minimum Gasteiger partial charge on any atom is -0.453 e. The maximum absolute atomic E-state index is 11.2. The molecule has 0 radical (unpaired) electrons. The summed E-state index contributed by atoms with van der Waals surface area (Å²) in [5.74, 6) is 0. The first-order valence-electron chi connectivity index (χ1n) is 5.02. The molecule has 0 atom stereocenters. The van der Waals surface area contributed by atoms with Gasteiger partial charge in [-0.2, -0.15) is 0 Å². The Morgan fingerprint density at radius 1 is 1.21 bits per heavy atom. The number of hydrogen-bond donors (Lipinski definition) is 0. The Balaban J connectivity index is 2.37. The molecule has 0 aromatic heterocycles. The van der Waals surface area contributed by atoms with Gasteiger partial charge in [-0.05, 0) is 25.7 Å². The molecular weight excluding hydrogens is 182 g/mol. The molecule has 82 valence electrons. The standard InChI is InChI=1S/C10H19NO3/c1-11(10(12)14-3)8-4-6-9(13-2)7-5-8/h8-9H,4-7H2,1-3H3. The van der Waals surface area contributed by atoms with Gasteiger partial charge < -0.3 is 14.4 Å². The molecule has 0 aromatic rings. The molecular formula is C10H19NO3. The average Bonchev–Trinajstić information content (AvgIpc) is 2.27. The third kappa shape index (κ3) is 2.61. The van der Waals surface area contributed by atoms with Gasteiger partial charge in [0, 0.05) is 20.2 Å². The van der Waals surface area contributed by atoms with Crippen LogP contribution in [-0.4, -0.2) is 44.4 Å². The number of hydrogen-bond acceptors (Lipinski definition) is 3. The zero-order valence-electron chi connectivity index (χ0n) is 9.16. The third-order valence-corrected chi connectivity index (χ3v) is 2.99. The average molecular weight is 201 g/mol. The largest absolute Gasteiger partial charge is 0.453 e. The van der Waals surface area contributed by atoms with Crippen molar-refractivity contribution in [2.45, 2.75) is 37.8 Å². The van der Waals surface area contributed by atoms with E-state index in [0.29, 0.717) is 12.1 Å². The predicted octanol–water partition coefficient (Wildman–Crippen LogP) is 1.64. The predicted molar refractivity (Wildman–Crippen MR) is 53.2 cm³/mol. The number of nitrogens with zero attached hydrogens (tertiary/aromatic N) is 1. The lowest BCUT2D eigenvalue weighted by molar-refractivity contribution is 0.0415. The van der Waals surface area contributed by atoms with Gasteiger partial charge in [0.2, 0.25) is 0 Å². The lowest BCUT2D eigenvalue weighted by Crippen LogP contribution is -2.40. The minimum absolute atomic E-state index is 0.245. The van der Waals surface area contributed by atoms with Crippen LogP contribution in [0.25, 0.3) is 0 Å². The molecule has 1 rings (SSSR count). The summed E-state index contributed by atoms with van der Waals surface area (Å²) in [4.78, 5) is 12.9. The summed E-state index contributed by atoms with van der Waals surface area (Å²) in [5.41, 5.74) is 0. The van der Waals surface area contributed by atoms with E-state index in [1.165, 1.54) is 7.11 Å². The maximum atomic E-state index is 11.2. The van der Waals surface area contributed by atoms with Crippen molar-refractivity contribution in [1.82, 2.24) is 4.90 Å². The SMILES string of the molecule is COC(=O)N(C)C1CCC(OC)CC1. The van der Waals surface area contributed by atoms with E-state index in [4.69, 9.17) is 4.74 Å². The summed E-state index contributed by atoms with van der Waals surface area (Å²) in [6.45, 7) is 0. The zero-order chi connectivity index (χ0) is 10.6. The van der Waals surface area contributed by atoms with Crippen LogP contribution in [0.2, 0.25) is 0 Å². The lowest BCUT2D eigenvalue weighted by atomic mass is 9.92. The fourth-order valence-electron chi connectivity index (χ4n) is 1.96. The van der Waals surface area contributed by atoms with Crippen molar-refractivity contribution in [3.05, 3.63) is 0 Å². The Kier molecular flexibility index (Phi) is 4.20. The van der Waals surface area contributed by atoms with Crippen molar-refractivity contribution in [2.24, 2.45) is 0 Å². The second-order valence-corrected chi connectivity index (χ2v) is 3.75. The van der Waals surface area contributed by atoms with Crippen molar-refractivity contribution >= 4 is 6.09 Å². The smallest absolute Gasteiger partial charge is 0.409 e. The molecule has 4 heteroatoms. The Morgan fingerprint density at radius 2 is 1.79 bits per heavy atom. The van der Waals surface area contributed by atoms with Gasteiger partial charge in [0.15, 0.2) is 0 Å². The molecule has 4 nitrogen and oxygen atoms in total. The molecule has 14 heavy (non-hydrogen) atoms. The van der Waals surface area contributed by atoms with E-state index in [0.717, 1.165) is 25.7 Å². The third-order valence-electron chi connectivity index (χ3n) is 2.99. The van der Waals surface area contributed by atoms with Crippen molar-refractivity contribution in [3.63, 3.8) is 0 Å². The Labute approximate surface area is 85.2 Å². The number of rotatable bonds is 2. The van der Waals surface area contributed by atoms with Gasteiger partial charge in [-0.25, -0.2) is 4.79 Å². The Hall–Kier alpha value is -0.770. The van der Waals surface area contributed by atoms with E-state index in [-0.39, 0.29) is 6.09 Å². The van der Waals surface area contributed by atoms with E-state index in [1.807, 2.05) is 0 Å². The molecule has 0 aromatic carbocycles. The zero-order valence-corrected chi connectivity index (χ0v) is 9.16. The van der Waals surface area contributed by atoms with Crippen LogP contribution >= 0.6 is 0 Å². The molecule has 0 unspecified atom stereocenters. The van der Waals surface area contributed by atoms with Crippen LogP contribution in [0.1, 0.15) is 25.7 Å². The first-order chi connectivity index (χ1) is 6.69. The van der Waals surface area contributed by atoms with Crippen molar-refractivity contribution in [3.8, 4) is 0 Å². The van der Waals surface area contributed by atoms with Gasteiger partial charge in [-0.3, -0.25) is 0 Å². The summed E-state index contributed by atoms with van der Waals surface area (Å²) in [5, 5.41) is 0. The summed E-state index contributed by atoms with van der Waals surface area (Å²) in [6.07, 6.45) is 4.20. The molecule has 1 aliphatic carbocycles. The van der Waals surface area contributed by atoms with Crippen LogP contribution in [0.3, 0.4) is 0 Å². The van der Waals surface area contributed by atoms with Gasteiger partial charge in [-0.15, -0.1) is 0 Å². The topological polar surface area (TPSA) is 38.8 Å². The molecule has 1 amide bonds. The summed E-state index contributed by atoms with van der Waals surface area (Å²) < 4.78 is 9.95. The molecule has 1 fully saturated rings. The number of ether oxygens (including phenoxy) is 2. The molecule has 1 aliphatic rings. The summed E-state index contributed by atoms with van der Waals surface area (Å²) in [6, 6.07) is 0.314. The van der Waals surface area contributed by atoms with Gasteiger partial charge in [0.05, 0.1) is 13.2 Å². The molecule has 0 spiro atoms. The molecule has 0 saturated heterocycles. The fraction of sp³-hybridized carbons (Fsp3) is 0.900. The van der Waals surface area contributed by atoms with Gasteiger partial charge >= 0.3 is 6.09 Å². The van der Waals surface area contributed by atoms with Crippen molar-refractivity contribution in [2.75, 3.05) is 21.3 Å². The number of amides is 1. The van der Waals surface area contributed by atoms with Gasteiger partial charge in [0.25, 0.3) is 0 Å². The second-order valence-electron chi connectivity index (χ2n) is 3.75. The highest BCUT2D eigenvalue weighted by atomic mass is 16.5. The van der Waals surface area contributed by atoms with Crippen LogP contribution in [0.15, 0.2) is 0 Å². The van der Waals surface area contributed by atoms with Gasteiger partial charge in [0.1, 0.15) is 0 Å². The number of methoxy groups -OCH3 is 2. The number of carbonyl (C=O) groups excluding carboxylic acids is 1. The molecule has 0 aliphatic heterocycles. The van der Waals surface area contributed by atoms with Crippen LogP contribution in [-0.2, 0) is 9.47 Å². The van der Waals surface area contributed by atoms with Gasteiger partial charge in [-0.1, -0.05) is 0 Å². The summed E-state index contributed by atoms with van der Waals surface area (Å²) in [7, 11) is 4.96. The summed E-state index contributed by atoms with van der Waals surface area (Å²) >= 11 is 0. The highest BCUT2D eigenvalue weighted by molar-refractivity contribution is 5.67. The van der Waals surface area contributed by atoms with Crippen LogP contribution in [0, 0.1) is 0 Å². The molecule has 0 heterocycles. The minimum atomic E-state index is -0.245. The monoisotopic (exact) mass is 201 g/mol. The lowest BCUT2D eigenvalue weighted by Gasteiger charge is -2.33. The van der Waals surface area contributed by atoms with E-state index < -0.39 is 0 Å². The normalized spacial score (nSPS) is 27.1. The van der Waals surface area contributed by atoms with Crippen molar-refractivity contribution in [1.29, 1.82) is 0 Å². The van der Waals surface area contributed by atoms with E-state index >= 15 is 0 Å².